The minimum atomic E-state index is -3.92. The van der Waals surface area contributed by atoms with Gasteiger partial charge in [-0.25, -0.2) is 17.6 Å². The lowest BCUT2D eigenvalue weighted by molar-refractivity contribution is 0.414. The Morgan fingerprint density at radius 1 is 0.938 bits per heavy atom. The second-order valence-electron chi connectivity index (χ2n) is 7.07. The van der Waals surface area contributed by atoms with E-state index in [1.807, 2.05) is 0 Å². The minimum Gasteiger partial charge on any atom is -0.497 e. The molecule has 0 atom stereocenters. The molecular formula is C22H20FN3O4S2. The Morgan fingerprint density at radius 3 is 2.12 bits per heavy atom. The maximum Gasteiger partial charge on any atom is 0.328 e. The third-order valence-electron chi connectivity index (χ3n) is 5.03. The number of halogens is 1. The molecule has 0 radical (unpaired) electrons. The van der Waals surface area contributed by atoms with E-state index in [0.29, 0.717) is 27.4 Å². The number of nitrogens with zero attached hydrogens (tertiary/aromatic N) is 2. The third kappa shape index (κ3) is 4.11. The highest BCUT2D eigenvalue weighted by molar-refractivity contribution is 7.99. The molecule has 4 aromatic rings. The first-order valence-corrected chi connectivity index (χ1v) is 11.8. The number of rotatable bonds is 6. The van der Waals surface area contributed by atoms with Gasteiger partial charge in [0.2, 0.25) is 0 Å². The van der Waals surface area contributed by atoms with E-state index in [-0.39, 0.29) is 16.4 Å². The van der Waals surface area contributed by atoms with Crippen LogP contribution in [0.4, 0.5) is 10.1 Å². The lowest BCUT2D eigenvalue weighted by atomic mass is 10.3. The maximum atomic E-state index is 13.3. The van der Waals surface area contributed by atoms with E-state index in [1.54, 1.807) is 50.5 Å². The van der Waals surface area contributed by atoms with Crippen molar-refractivity contribution in [2.75, 3.05) is 11.8 Å². The number of benzene rings is 3. The van der Waals surface area contributed by atoms with Crippen molar-refractivity contribution in [3.05, 3.63) is 77.0 Å². The molecule has 7 nitrogen and oxygen atoms in total. The van der Waals surface area contributed by atoms with Crippen molar-refractivity contribution in [2.45, 2.75) is 14.7 Å². The van der Waals surface area contributed by atoms with Crippen molar-refractivity contribution in [1.29, 1.82) is 0 Å². The van der Waals surface area contributed by atoms with Crippen molar-refractivity contribution in [3.8, 4) is 5.75 Å². The summed E-state index contributed by atoms with van der Waals surface area (Å²) in [6, 6.07) is 15.3. The number of hydrogen-bond donors (Lipinski definition) is 1. The highest BCUT2D eigenvalue weighted by Crippen LogP contribution is 2.37. The number of nitrogens with one attached hydrogen (secondary N) is 1. The molecule has 32 heavy (non-hydrogen) atoms. The normalized spacial score (nSPS) is 11.6. The van der Waals surface area contributed by atoms with E-state index in [2.05, 4.69) is 4.72 Å². The van der Waals surface area contributed by atoms with E-state index in [4.69, 9.17) is 4.74 Å². The molecule has 10 heteroatoms. The maximum absolute atomic E-state index is 13.3. The second-order valence-corrected chi connectivity index (χ2v) is 9.87. The number of aryl methyl sites for hydroxylation is 2. The molecule has 0 aliphatic carbocycles. The molecule has 3 aromatic carbocycles. The molecule has 1 N–H and O–H groups in total. The van der Waals surface area contributed by atoms with Crippen molar-refractivity contribution < 1.29 is 17.5 Å². The van der Waals surface area contributed by atoms with E-state index < -0.39 is 10.0 Å². The average molecular weight is 474 g/mol. The van der Waals surface area contributed by atoms with Gasteiger partial charge < -0.3 is 4.74 Å². The molecule has 0 fully saturated rings. The Balaban J connectivity index is 1.82. The number of imidazole rings is 1. The van der Waals surface area contributed by atoms with Crippen LogP contribution in [0.15, 0.2) is 80.1 Å². The van der Waals surface area contributed by atoms with Gasteiger partial charge in [0, 0.05) is 23.9 Å². The van der Waals surface area contributed by atoms with E-state index >= 15 is 0 Å². The van der Waals surface area contributed by atoms with Crippen LogP contribution < -0.4 is 15.1 Å². The highest BCUT2D eigenvalue weighted by atomic mass is 32.2. The van der Waals surface area contributed by atoms with E-state index in [9.17, 15) is 17.6 Å². The van der Waals surface area contributed by atoms with Crippen LogP contribution in [0.1, 0.15) is 0 Å². The second kappa shape index (κ2) is 8.36. The van der Waals surface area contributed by atoms with Gasteiger partial charge in [0.15, 0.2) is 0 Å². The van der Waals surface area contributed by atoms with Gasteiger partial charge in [-0.05, 0) is 60.7 Å². The molecule has 1 heterocycles. The standard InChI is InChI=1S/C22H20FN3O4S2/c1-25-19-12-18(24-32(28,29)17-10-6-15(30-3)7-11-17)21(13-20(19)26(2)22(25)27)31-16-8-4-14(23)5-9-16/h4-13,24H,1-3H3. The Morgan fingerprint density at radius 2 is 1.53 bits per heavy atom. The lowest BCUT2D eigenvalue weighted by Gasteiger charge is -2.14. The topological polar surface area (TPSA) is 82.3 Å². The zero-order chi connectivity index (χ0) is 23.0. The smallest absolute Gasteiger partial charge is 0.328 e. The Labute approximate surface area is 188 Å². The van der Waals surface area contributed by atoms with Crippen LogP contribution in [-0.4, -0.2) is 24.7 Å². The Hall–Kier alpha value is -3.24. The van der Waals surface area contributed by atoms with Gasteiger partial charge in [0.05, 0.1) is 28.7 Å². The van der Waals surface area contributed by atoms with Gasteiger partial charge in [0.1, 0.15) is 11.6 Å². The molecule has 0 spiro atoms. The predicted octanol–water partition coefficient (Wildman–Crippen LogP) is 3.98. The van der Waals surface area contributed by atoms with Crippen LogP contribution >= 0.6 is 11.8 Å². The fourth-order valence-electron chi connectivity index (χ4n) is 3.28. The molecule has 0 saturated heterocycles. The van der Waals surface area contributed by atoms with Crippen molar-refractivity contribution >= 4 is 38.5 Å². The third-order valence-corrected chi connectivity index (χ3v) is 7.48. The van der Waals surface area contributed by atoms with Crippen molar-refractivity contribution in [2.24, 2.45) is 14.1 Å². The first-order chi connectivity index (χ1) is 15.2. The van der Waals surface area contributed by atoms with Crippen LogP contribution in [0.2, 0.25) is 0 Å². The quantitative estimate of drug-likeness (QED) is 0.458. The zero-order valence-electron chi connectivity index (χ0n) is 17.5. The minimum absolute atomic E-state index is 0.0677. The van der Waals surface area contributed by atoms with Gasteiger partial charge in [-0.3, -0.25) is 13.9 Å². The lowest BCUT2D eigenvalue weighted by Crippen LogP contribution is -2.19. The molecule has 166 valence electrons. The largest absolute Gasteiger partial charge is 0.497 e. The Bertz CT molecular complexity index is 1460. The SMILES string of the molecule is COc1ccc(S(=O)(=O)Nc2cc3c(cc2Sc2ccc(F)cc2)n(C)c(=O)n3C)cc1. The van der Waals surface area contributed by atoms with Gasteiger partial charge >= 0.3 is 5.69 Å². The zero-order valence-corrected chi connectivity index (χ0v) is 19.1. The molecule has 0 aliphatic rings. The van der Waals surface area contributed by atoms with Crippen molar-refractivity contribution in [1.82, 2.24) is 9.13 Å². The summed E-state index contributed by atoms with van der Waals surface area (Å²) in [7, 11) is 0.858. The summed E-state index contributed by atoms with van der Waals surface area (Å²) < 4.78 is 50.1. The predicted molar refractivity (Wildman–Crippen MR) is 122 cm³/mol. The van der Waals surface area contributed by atoms with E-state index in [1.165, 1.54) is 52.3 Å². The number of aromatic nitrogens is 2. The first kappa shape index (κ1) is 22.0. The summed E-state index contributed by atoms with van der Waals surface area (Å²) in [5.74, 6) is 0.174. The number of hydrogen-bond acceptors (Lipinski definition) is 5. The summed E-state index contributed by atoms with van der Waals surface area (Å²) in [5, 5.41) is 0. The monoisotopic (exact) mass is 473 g/mol. The van der Waals surface area contributed by atoms with Gasteiger partial charge in [-0.15, -0.1) is 0 Å². The molecule has 4 rings (SSSR count). The van der Waals surface area contributed by atoms with Crippen LogP contribution in [0.5, 0.6) is 5.75 Å². The summed E-state index contributed by atoms with van der Waals surface area (Å²) in [6.45, 7) is 0. The van der Waals surface area contributed by atoms with Gasteiger partial charge in [0.25, 0.3) is 10.0 Å². The molecule has 0 amide bonds. The summed E-state index contributed by atoms with van der Waals surface area (Å²) >= 11 is 1.27. The van der Waals surface area contributed by atoms with Crippen LogP contribution in [-0.2, 0) is 24.1 Å². The van der Waals surface area contributed by atoms with Gasteiger partial charge in [-0.2, -0.15) is 0 Å². The fourth-order valence-corrected chi connectivity index (χ4v) is 5.33. The molecule has 0 bridgehead atoms. The molecular weight excluding hydrogens is 453 g/mol. The summed E-state index contributed by atoms with van der Waals surface area (Å²) in [6.07, 6.45) is 0. The number of sulfonamides is 1. The molecule has 0 unspecified atom stereocenters. The fraction of sp³-hybridized carbons (Fsp3) is 0.136. The first-order valence-electron chi connectivity index (χ1n) is 9.49. The van der Waals surface area contributed by atoms with Crippen LogP contribution in [0.3, 0.4) is 0 Å². The van der Waals surface area contributed by atoms with Gasteiger partial charge in [-0.1, -0.05) is 11.8 Å². The Kier molecular flexibility index (Phi) is 5.74. The molecule has 0 aliphatic heterocycles. The average Bonchev–Trinajstić information content (AvgIpc) is 2.99. The summed E-state index contributed by atoms with van der Waals surface area (Å²) in [4.78, 5) is 13.8. The van der Waals surface area contributed by atoms with Crippen molar-refractivity contribution in [3.63, 3.8) is 0 Å². The molecule has 1 aromatic heterocycles. The number of fused-ring (bicyclic) bond motifs is 1. The summed E-state index contributed by atoms with van der Waals surface area (Å²) in [5.41, 5.74) is 1.31. The number of anilines is 1. The van der Waals surface area contributed by atoms with Crippen LogP contribution in [0, 0.1) is 5.82 Å². The van der Waals surface area contributed by atoms with E-state index in [0.717, 1.165) is 4.90 Å². The highest BCUT2D eigenvalue weighted by Gasteiger charge is 2.20. The number of methoxy groups -OCH3 is 1. The molecule has 0 saturated carbocycles. The van der Waals surface area contributed by atoms with Crippen LogP contribution in [0.25, 0.3) is 11.0 Å². The number of ether oxygens (including phenoxy) is 1.